The number of rotatable bonds is 2. The van der Waals surface area contributed by atoms with E-state index in [1.54, 1.807) is 6.07 Å². The van der Waals surface area contributed by atoms with Gasteiger partial charge in [-0.3, -0.25) is 0 Å². The lowest BCUT2D eigenvalue weighted by Gasteiger charge is -2.13. The van der Waals surface area contributed by atoms with Crippen molar-refractivity contribution in [2.75, 3.05) is 18.5 Å². The Bertz CT molecular complexity index is 270. The molecular formula is C9H15N3. The highest BCUT2D eigenvalue weighted by Gasteiger charge is 2.05. The Kier molecular flexibility index (Phi) is 2.55. The van der Waals surface area contributed by atoms with Crippen molar-refractivity contribution in [3.63, 3.8) is 0 Å². The standard InChI is InChI=1S/C9H15N3/c1-6(12-2)8-5-7(10)3-4-9(8)11/h3-6,12H,10-11H2,1-2H3. The normalized spacial score (nSPS) is 12.8. The smallest absolute Gasteiger partial charge is 0.0363 e. The summed E-state index contributed by atoms with van der Waals surface area (Å²) in [7, 11) is 1.90. The molecule has 0 bridgehead atoms. The lowest BCUT2D eigenvalue weighted by atomic mass is 10.1. The van der Waals surface area contributed by atoms with Crippen molar-refractivity contribution < 1.29 is 0 Å². The summed E-state index contributed by atoms with van der Waals surface area (Å²) in [6.45, 7) is 2.05. The molecule has 0 aliphatic carbocycles. The first-order valence-electron chi connectivity index (χ1n) is 3.97. The lowest BCUT2D eigenvalue weighted by molar-refractivity contribution is 0.654. The predicted octanol–water partition coefficient (Wildman–Crippen LogP) is 1.13. The maximum absolute atomic E-state index is 5.77. The van der Waals surface area contributed by atoms with E-state index in [1.807, 2.05) is 26.1 Å². The maximum Gasteiger partial charge on any atom is 0.0363 e. The fourth-order valence-corrected chi connectivity index (χ4v) is 1.12. The number of anilines is 2. The monoisotopic (exact) mass is 165 g/mol. The van der Waals surface area contributed by atoms with Gasteiger partial charge in [-0.1, -0.05) is 0 Å². The van der Waals surface area contributed by atoms with Crippen molar-refractivity contribution in [2.45, 2.75) is 13.0 Å². The number of nitrogens with two attached hydrogens (primary N) is 2. The van der Waals surface area contributed by atoms with Crippen molar-refractivity contribution in [1.82, 2.24) is 5.32 Å². The minimum atomic E-state index is 0.244. The average molecular weight is 165 g/mol. The molecule has 0 saturated heterocycles. The van der Waals surface area contributed by atoms with Crippen LogP contribution >= 0.6 is 0 Å². The summed E-state index contributed by atoms with van der Waals surface area (Å²) in [5.41, 5.74) is 14.0. The Balaban J connectivity index is 3.04. The van der Waals surface area contributed by atoms with E-state index in [2.05, 4.69) is 5.32 Å². The van der Waals surface area contributed by atoms with Gasteiger partial charge in [0.2, 0.25) is 0 Å². The third kappa shape index (κ3) is 1.68. The first-order chi connectivity index (χ1) is 5.65. The van der Waals surface area contributed by atoms with E-state index in [-0.39, 0.29) is 6.04 Å². The van der Waals surface area contributed by atoms with Gasteiger partial charge in [-0.25, -0.2) is 0 Å². The number of hydrogen-bond acceptors (Lipinski definition) is 3. The zero-order valence-electron chi connectivity index (χ0n) is 7.46. The van der Waals surface area contributed by atoms with Gasteiger partial charge < -0.3 is 16.8 Å². The lowest BCUT2D eigenvalue weighted by Crippen LogP contribution is -2.14. The van der Waals surface area contributed by atoms with E-state index in [0.717, 1.165) is 16.9 Å². The van der Waals surface area contributed by atoms with Gasteiger partial charge in [-0.2, -0.15) is 0 Å². The van der Waals surface area contributed by atoms with Crippen LogP contribution in [0.25, 0.3) is 0 Å². The van der Waals surface area contributed by atoms with Crippen LogP contribution in [0.4, 0.5) is 11.4 Å². The quantitative estimate of drug-likeness (QED) is 0.576. The van der Waals surface area contributed by atoms with E-state index < -0.39 is 0 Å². The second-order valence-electron chi connectivity index (χ2n) is 2.90. The fourth-order valence-electron chi connectivity index (χ4n) is 1.12. The first-order valence-corrected chi connectivity index (χ1v) is 3.97. The highest BCUT2D eigenvalue weighted by Crippen LogP contribution is 2.21. The van der Waals surface area contributed by atoms with Crippen LogP contribution in [0.1, 0.15) is 18.5 Å². The molecule has 1 atom stereocenters. The largest absolute Gasteiger partial charge is 0.399 e. The molecule has 0 aliphatic heterocycles. The molecule has 1 rings (SSSR count). The highest BCUT2D eigenvalue weighted by molar-refractivity contribution is 5.56. The number of nitrogen functional groups attached to an aromatic ring is 2. The Morgan fingerprint density at radius 2 is 2.00 bits per heavy atom. The minimum absolute atomic E-state index is 0.244. The van der Waals surface area contributed by atoms with E-state index in [1.165, 1.54) is 0 Å². The number of nitrogens with one attached hydrogen (secondary N) is 1. The molecule has 0 aromatic heterocycles. The Morgan fingerprint density at radius 1 is 1.33 bits per heavy atom. The van der Waals surface area contributed by atoms with Gasteiger partial charge in [0, 0.05) is 17.4 Å². The third-order valence-electron chi connectivity index (χ3n) is 2.01. The second kappa shape index (κ2) is 3.45. The van der Waals surface area contributed by atoms with Gasteiger partial charge in [0.1, 0.15) is 0 Å². The summed E-state index contributed by atoms with van der Waals surface area (Å²) >= 11 is 0. The molecule has 3 nitrogen and oxygen atoms in total. The van der Waals surface area contributed by atoms with Crippen LogP contribution in [0, 0.1) is 0 Å². The molecule has 0 amide bonds. The van der Waals surface area contributed by atoms with Crippen LogP contribution < -0.4 is 16.8 Å². The van der Waals surface area contributed by atoms with E-state index in [9.17, 15) is 0 Å². The molecule has 0 saturated carbocycles. The van der Waals surface area contributed by atoms with E-state index >= 15 is 0 Å². The van der Waals surface area contributed by atoms with Crippen LogP contribution in [0.3, 0.4) is 0 Å². The molecule has 0 radical (unpaired) electrons. The Morgan fingerprint density at radius 3 is 2.58 bits per heavy atom. The number of benzene rings is 1. The van der Waals surface area contributed by atoms with Gasteiger partial charge in [-0.15, -0.1) is 0 Å². The molecule has 1 unspecified atom stereocenters. The molecule has 1 aromatic carbocycles. The van der Waals surface area contributed by atoms with Crippen molar-refractivity contribution in [2.24, 2.45) is 0 Å². The van der Waals surface area contributed by atoms with Gasteiger partial charge in [-0.05, 0) is 37.7 Å². The molecule has 0 heterocycles. The molecule has 66 valence electrons. The molecule has 5 N–H and O–H groups in total. The fraction of sp³-hybridized carbons (Fsp3) is 0.333. The summed E-state index contributed by atoms with van der Waals surface area (Å²) in [5.74, 6) is 0. The highest BCUT2D eigenvalue weighted by atomic mass is 14.9. The molecule has 0 aliphatic rings. The molecule has 0 spiro atoms. The van der Waals surface area contributed by atoms with Gasteiger partial charge in [0.25, 0.3) is 0 Å². The zero-order chi connectivity index (χ0) is 9.14. The predicted molar refractivity (Wildman–Crippen MR) is 52.7 cm³/mol. The molecule has 0 fully saturated rings. The molecule has 12 heavy (non-hydrogen) atoms. The van der Waals surface area contributed by atoms with Gasteiger partial charge in [0.15, 0.2) is 0 Å². The topological polar surface area (TPSA) is 64.1 Å². The molecular weight excluding hydrogens is 150 g/mol. The summed E-state index contributed by atoms with van der Waals surface area (Å²) in [6, 6.07) is 5.78. The third-order valence-corrected chi connectivity index (χ3v) is 2.01. The first kappa shape index (κ1) is 8.87. The van der Waals surface area contributed by atoms with Gasteiger partial charge >= 0.3 is 0 Å². The minimum Gasteiger partial charge on any atom is -0.399 e. The van der Waals surface area contributed by atoms with Crippen LogP contribution in [0.5, 0.6) is 0 Å². The zero-order valence-corrected chi connectivity index (χ0v) is 7.46. The van der Waals surface area contributed by atoms with Crippen LogP contribution in [-0.2, 0) is 0 Å². The Labute approximate surface area is 72.8 Å². The van der Waals surface area contributed by atoms with Crippen LogP contribution in [-0.4, -0.2) is 7.05 Å². The summed E-state index contributed by atoms with van der Waals surface area (Å²) < 4.78 is 0. The number of hydrogen-bond donors (Lipinski definition) is 3. The average Bonchev–Trinajstić information content (AvgIpc) is 2.08. The van der Waals surface area contributed by atoms with Crippen LogP contribution in [0.2, 0.25) is 0 Å². The van der Waals surface area contributed by atoms with Gasteiger partial charge in [0.05, 0.1) is 0 Å². The van der Waals surface area contributed by atoms with Crippen molar-refractivity contribution >= 4 is 11.4 Å². The van der Waals surface area contributed by atoms with Crippen LogP contribution in [0.15, 0.2) is 18.2 Å². The Hall–Kier alpha value is -1.22. The SMILES string of the molecule is CNC(C)c1cc(N)ccc1N. The summed E-state index contributed by atoms with van der Waals surface area (Å²) in [6.07, 6.45) is 0. The van der Waals surface area contributed by atoms with E-state index in [0.29, 0.717) is 0 Å². The van der Waals surface area contributed by atoms with Crippen molar-refractivity contribution in [3.8, 4) is 0 Å². The maximum atomic E-state index is 5.77. The summed E-state index contributed by atoms with van der Waals surface area (Å²) in [5, 5.41) is 3.11. The second-order valence-corrected chi connectivity index (χ2v) is 2.90. The molecule has 3 heteroatoms. The van der Waals surface area contributed by atoms with E-state index in [4.69, 9.17) is 11.5 Å². The molecule has 1 aromatic rings. The summed E-state index contributed by atoms with van der Waals surface area (Å²) in [4.78, 5) is 0. The van der Waals surface area contributed by atoms with Crippen molar-refractivity contribution in [1.29, 1.82) is 0 Å². The van der Waals surface area contributed by atoms with Crippen molar-refractivity contribution in [3.05, 3.63) is 23.8 Å².